The molecule has 0 saturated carbocycles. The highest BCUT2D eigenvalue weighted by Gasteiger charge is 2.10. The number of aromatic nitrogens is 2. The fourth-order valence-electron chi connectivity index (χ4n) is 2.33. The molecule has 2 aromatic carbocycles. The van der Waals surface area contributed by atoms with Crippen molar-refractivity contribution >= 4 is 17.5 Å². The Labute approximate surface area is 151 Å². The lowest BCUT2D eigenvalue weighted by atomic mass is 10.1. The minimum atomic E-state index is -0.0740. The van der Waals surface area contributed by atoms with Gasteiger partial charge in [-0.05, 0) is 24.6 Å². The first-order chi connectivity index (χ1) is 12.1. The molecule has 1 amide bonds. The summed E-state index contributed by atoms with van der Waals surface area (Å²) in [6, 6.07) is 15.3. The second-order valence-electron chi connectivity index (χ2n) is 5.78. The summed E-state index contributed by atoms with van der Waals surface area (Å²) in [7, 11) is 0. The molecule has 0 aliphatic heterocycles. The molecule has 25 heavy (non-hydrogen) atoms. The monoisotopic (exact) mass is 355 g/mol. The van der Waals surface area contributed by atoms with Crippen LogP contribution in [0.5, 0.6) is 0 Å². The van der Waals surface area contributed by atoms with Gasteiger partial charge in [0.05, 0.1) is 0 Å². The molecule has 0 radical (unpaired) electrons. The lowest BCUT2D eigenvalue weighted by Crippen LogP contribution is -2.23. The molecule has 128 valence electrons. The molecule has 0 fully saturated rings. The third-order valence-corrected chi connectivity index (χ3v) is 3.96. The summed E-state index contributed by atoms with van der Waals surface area (Å²) in [5.74, 6) is 0.915. The number of aryl methyl sites for hydroxylation is 2. The molecule has 1 heterocycles. The van der Waals surface area contributed by atoms with Gasteiger partial charge in [-0.2, -0.15) is 4.98 Å². The lowest BCUT2D eigenvalue weighted by molar-refractivity contribution is -0.121. The molecule has 0 aliphatic carbocycles. The van der Waals surface area contributed by atoms with Gasteiger partial charge in [0.15, 0.2) is 0 Å². The second-order valence-corrected chi connectivity index (χ2v) is 6.22. The fourth-order valence-corrected chi connectivity index (χ4v) is 2.55. The van der Waals surface area contributed by atoms with Gasteiger partial charge in [0.2, 0.25) is 17.6 Å². The molecular formula is C19H18ClN3O2. The van der Waals surface area contributed by atoms with E-state index in [9.17, 15) is 4.79 Å². The van der Waals surface area contributed by atoms with Crippen LogP contribution in [0.1, 0.15) is 23.4 Å². The van der Waals surface area contributed by atoms with Crippen LogP contribution in [0.2, 0.25) is 5.02 Å². The Balaban J connectivity index is 1.50. The minimum Gasteiger partial charge on any atom is -0.352 e. The number of hydrogen-bond acceptors (Lipinski definition) is 4. The number of hydrogen-bond donors (Lipinski definition) is 1. The SMILES string of the molecule is Cc1ccc(-c2noc(CCC(=O)NCc3cccc(Cl)c3)n2)cc1. The summed E-state index contributed by atoms with van der Waals surface area (Å²) in [5, 5.41) is 7.47. The first-order valence-corrected chi connectivity index (χ1v) is 8.39. The number of rotatable bonds is 6. The van der Waals surface area contributed by atoms with Crippen LogP contribution in [0.15, 0.2) is 53.1 Å². The maximum atomic E-state index is 12.0. The Morgan fingerprint density at radius 1 is 1.20 bits per heavy atom. The molecule has 1 N–H and O–H groups in total. The molecule has 0 spiro atoms. The van der Waals surface area contributed by atoms with E-state index in [1.54, 1.807) is 6.07 Å². The van der Waals surface area contributed by atoms with Crippen molar-refractivity contribution in [1.29, 1.82) is 0 Å². The van der Waals surface area contributed by atoms with Crippen molar-refractivity contribution in [2.24, 2.45) is 0 Å². The topological polar surface area (TPSA) is 68.0 Å². The second kappa shape index (κ2) is 7.94. The Morgan fingerprint density at radius 2 is 2.00 bits per heavy atom. The van der Waals surface area contributed by atoms with Gasteiger partial charge in [-0.1, -0.05) is 58.7 Å². The molecule has 5 nitrogen and oxygen atoms in total. The summed E-state index contributed by atoms with van der Waals surface area (Å²) >= 11 is 5.92. The van der Waals surface area contributed by atoms with Gasteiger partial charge < -0.3 is 9.84 Å². The number of carbonyl (C=O) groups excluding carboxylic acids is 1. The molecule has 1 aromatic heterocycles. The Hall–Kier alpha value is -2.66. The van der Waals surface area contributed by atoms with Crippen LogP contribution in [-0.2, 0) is 17.8 Å². The van der Waals surface area contributed by atoms with Gasteiger partial charge in [0, 0.05) is 30.0 Å². The van der Waals surface area contributed by atoms with Crippen molar-refractivity contribution in [1.82, 2.24) is 15.5 Å². The van der Waals surface area contributed by atoms with E-state index in [0.29, 0.717) is 29.7 Å². The molecular weight excluding hydrogens is 338 g/mol. The lowest BCUT2D eigenvalue weighted by Gasteiger charge is -2.04. The quantitative estimate of drug-likeness (QED) is 0.727. The van der Waals surface area contributed by atoms with Crippen molar-refractivity contribution in [2.45, 2.75) is 26.3 Å². The standard InChI is InChI=1S/C19H18ClN3O2/c1-13-5-7-15(8-6-13)19-22-18(25-23-19)10-9-17(24)21-12-14-3-2-4-16(20)11-14/h2-8,11H,9-10,12H2,1H3,(H,21,24). The smallest absolute Gasteiger partial charge is 0.227 e. The van der Waals surface area contributed by atoms with E-state index in [1.165, 1.54) is 5.56 Å². The van der Waals surface area contributed by atoms with Gasteiger partial charge in [-0.3, -0.25) is 4.79 Å². The van der Waals surface area contributed by atoms with Crippen molar-refractivity contribution in [3.63, 3.8) is 0 Å². The highest BCUT2D eigenvalue weighted by atomic mass is 35.5. The van der Waals surface area contributed by atoms with E-state index in [0.717, 1.165) is 11.1 Å². The zero-order valence-corrected chi connectivity index (χ0v) is 14.6. The van der Waals surface area contributed by atoms with Gasteiger partial charge in [-0.25, -0.2) is 0 Å². The molecule has 0 aliphatic rings. The predicted molar refractivity (Wildman–Crippen MR) is 96.1 cm³/mol. The van der Waals surface area contributed by atoms with E-state index in [4.69, 9.17) is 16.1 Å². The van der Waals surface area contributed by atoms with Crippen molar-refractivity contribution in [3.8, 4) is 11.4 Å². The van der Waals surface area contributed by atoms with Crippen LogP contribution >= 0.6 is 11.6 Å². The minimum absolute atomic E-state index is 0.0740. The molecule has 0 unspecified atom stereocenters. The number of nitrogens with one attached hydrogen (secondary N) is 1. The van der Waals surface area contributed by atoms with Gasteiger partial charge in [0.25, 0.3) is 0 Å². The first-order valence-electron chi connectivity index (χ1n) is 8.01. The van der Waals surface area contributed by atoms with Gasteiger partial charge in [-0.15, -0.1) is 0 Å². The predicted octanol–water partition coefficient (Wildman–Crippen LogP) is 3.95. The van der Waals surface area contributed by atoms with Crippen LogP contribution < -0.4 is 5.32 Å². The van der Waals surface area contributed by atoms with E-state index in [-0.39, 0.29) is 12.3 Å². The molecule has 3 rings (SSSR count). The normalized spacial score (nSPS) is 10.6. The van der Waals surface area contributed by atoms with Crippen LogP contribution in [0, 0.1) is 6.92 Å². The summed E-state index contributed by atoms with van der Waals surface area (Å²) in [6.07, 6.45) is 0.691. The third-order valence-electron chi connectivity index (χ3n) is 3.72. The summed E-state index contributed by atoms with van der Waals surface area (Å²) < 4.78 is 5.22. The maximum absolute atomic E-state index is 12.0. The van der Waals surface area contributed by atoms with Crippen LogP contribution in [0.4, 0.5) is 0 Å². The average Bonchev–Trinajstić information content (AvgIpc) is 3.08. The molecule has 6 heteroatoms. The van der Waals surface area contributed by atoms with Crippen LogP contribution in [0.25, 0.3) is 11.4 Å². The Kier molecular flexibility index (Phi) is 5.46. The van der Waals surface area contributed by atoms with Crippen molar-refractivity contribution in [2.75, 3.05) is 0 Å². The van der Waals surface area contributed by atoms with E-state index < -0.39 is 0 Å². The third kappa shape index (κ3) is 4.90. The van der Waals surface area contributed by atoms with Crippen molar-refractivity contribution in [3.05, 3.63) is 70.6 Å². The average molecular weight is 356 g/mol. The molecule has 0 atom stereocenters. The largest absolute Gasteiger partial charge is 0.352 e. The fraction of sp³-hybridized carbons (Fsp3) is 0.211. The molecule has 0 saturated heterocycles. The van der Waals surface area contributed by atoms with E-state index >= 15 is 0 Å². The highest BCUT2D eigenvalue weighted by Crippen LogP contribution is 2.17. The zero-order chi connectivity index (χ0) is 17.6. The first kappa shape index (κ1) is 17.2. The summed E-state index contributed by atoms with van der Waals surface area (Å²) in [4.78, 5) is 16.3. The molecule has 0 bridgehead atoms. The number of halogens is 1. The van der Waals surface area contributed by atoms with Crippen molar-refractivity contribution < 1.29 is 9.32 Å². The summed E-state index contributed by atoms with van der Waals surface area (Å²) in [5.41, 5.74) is 3.02. The zero-order valence-electron chi connectivity index (χ0n) is 13.8. The van der Waals surface area contributed by atoms with Gasteiger partial charge >= 0.3 is 0 Å². The Bertz CT molecular complexity index is 859. The molecule has 3 aromatic rings. The van der Waals surface area contributed by atoms with Crippen LogP contribution in [0.3, 0.4) is 0 Å². The highest BCUT2D eigenvalue weighted by molar-refractivity contribution is 6.30. The number of amides is 1. The van der Waals surface area contributed by atoms with Gasteiger partial charge in [0.1, 0.15) is 0 Å². The van der Waals surface area contributed by atoms with E-state index in [1.807, 2.05) is 49.4 Å². The number of carbonyl (C=O) groups is 1. The maximum Gasteiger partial charge on any atom is 0.227 e. The Morgan fingerprint density at radius 3 is 2.76 bits per heavy atom. The van der Waals surface area contributed by atoms with E-state index in [2.05, 4.69) is 15.5 Å². The number of benzene rings is 2. The summed E-state index contributed by atoms with van der Waals surface area (Å²) in [6.45, 7) is 2.46. The number of nitrogens with zero attached hydrogens (tertiary/aromatic N) is 2. The van der Waals surface area contributed by atoms with Crippen LogP contribution in [-0.4, -0.2) is 16.0 Å².